The highest BCUT2D eigenvalue weighted by molar-refractivity contribution is 5.55. The first-order valence-electron chi connectivity index (χ1n) is 4.75. The number of hydrogen-bond acceptors (Lipinski definition) is 2. The lowest BCUT2D eigenvalue weighted by atomic mass is 9.99. The third-order valence-corrected chi connectivity index (χ3v) is 2.57. The molecule has 2 heteroatoms. The highest BCUT2D eigenvalue weighted by atomic mass is 16.1. The van der Waals surface area contributed by atoms with Crippen LogP contribution >= 0.6 is 0 Å². The summed E-state index contributed by atoms with van der Waals surface area (Å²) in [6.07, 6.45) is 6.12. The maximum Gasteiger partial charge on any atom is 0.123 e. The second-order valence-corrected chi connectivity index (χ2v) is 3.66. The smallest absolute Gasteiger partial charge is 0.123 e. The molecule has 1 saturated carbocycles. The van der Waals surface area contributed by atoms with E-state index in [0.717, 1.165) is 18.4 Å². The number of pyridine rings is 1. The van der Waals surface area contributed by atoms with Gasteiger partial charge in [-0.25, -0.2) is 0 Å². The fraction of sp³-hybridized carbons (Fsp3) is 0.455. The van der Waals surface area contributed by atoms with E-state index in [1.165, 1.54) is 12.8 Å². The summed E-state index contributed by atoms with van der Waals surface area (Å²) in [7, 11) is 0. The molecule has 2 rings (SSSR count). The van der Waals surface area contributed by atoms with E-state index >= 15 is 0 Å². The molecule has 1 aliphatic rings. The van der Waals surface area contributed by atoms with Gasteiger partial charge in [-0.3, -0.25) is 4.98 Å². The van der Waals surface area contributed by atoms with Gasteiger partial charge in [0.1, 0.15) is 6.29 Å². The number of hydrogen-bond donors (Lipinski definition) is 0. The molecule has 0 bridgehead atoms. The minimum Gasteiger partial charge on any atom is -0.303 e. The molecule has 0 amide bonds. The van der Waals surface area contributed by atoms with Gasteiger partial charge in [-0.15, -0.1) is 0 Å². The SMILES string of the molecule is O=CC(Cc1ccccn1)C1CC1. The number of aromatic nitrogens is 1. The van der Waals surface area contributed by atoms with Crippen molar-refractivity contribution in [3.05, 3.63) is 30.1 Å². The van der Waals surface area contributed by atoms with Crippen LogP contribution in [0, 0.1) is 11.8 Å². The molecular formula is C11H13NO. The van der Waals surface area contributed by atoms with Crippen LogP contribution in [0.25, 0.3) is 0 Å². The van der Waals surface area contributed by atoms with Crippen molar-refractivity contribution in [2.75, 3.05) is 0 Å². The zero-order valence-electron chi connectivity index (χ0n) is 7.52. The number of nitrogens with zero attached hydrogens (tertiary/aromatic N) is 1. The normalized spacial score (nSPS) is 18.2. The fourth-order valence-electron chi connectivity index (χ4n) is 1.61. The minimum atomic E-state index is 0.204. The summed E-state index contributed by atoms with van der Waals surface area (Å²) in [4.78, 5) is 15.0. The summed E-state index contributed by atoms with van der Waals surface area (Å²) in [5.41, 5.74) is 1.03. The standard InChI is InChI=1S/C11H13NO/c13-8-10(9-4-5-9)7-11-3-1-2-6-12-11/h1-3,6,8-10H,4-5,7H2. The molecule has 1 aliphatic carbocycles. The molecule has 2 nitrogen and oxygen atoms in total. The second kappa shape index (κ2) is 3.69. The first-order chi connectivity index (χ1) is 6.40. The van der Waals surface area contributed by atoms with E-state index in [0.29, 0.717) is 5.92 Å². The lowest BCUT2D eigenvalue weighted by Gasteiger charge is -2.06. The molecule has 0 spiro atoms. The van der Waals surface area contributed by atoms with Gasteiger partial charge in [-0.2, -0.15) is 0 Å². The van der Waals surface area contributed by atoms with Crippen LogP contribution in [0.15, 0.2) is 24.4 Å². The summed E-state index contributed by atoms with van der Waals surface area (Å²) in [6.45, 7) is 0. The average molecular weight is 175 g/mol. The monoisotopic (exact) mass is 175 g/mol. The summed E-state index contributed by atoms with van der Waals surface area (Å²) in [6, 6.07) is 5.85. The third kappa shape index (κ3) is 2.14. The van der Waals surface area contributed by atoms with E-state index in [2.05, 4.69) is 4.98 Å². The average Bonchev–Trinajstić information content (AvgIpc) is 2.99. The molecule has 1 atom stereocenters. The Balaban J connectivity index is 1.99. The summed E-state index contributed by atoms with van der Waals surface area (Å²) >= 11 is 0. The largest absolute Gasteiger partial charge is 0.303 e. The van der Waals surface area contributed by atoms with Gasteiger partial charge in [-0.05, 0) is 37.3 Å². The van der Waals surface area contributed by atoms with Crippen LogP contribution in [0.2, 0.25) is 0 Å². The van der Waals surface area contributed by atoms with Crippen molar-refractivity contribution in [3.8, 4) is 0 Å². The molecule has 13 heavy (non-hydrogen) atoms. The van der Waals surface area contributed by atoms with E-state index < -0.39 is 0 Å². The highest BCUT2D eigenvalue weighted by Crippen LogP contribution is 2.37. The van der Waals surface area contributed by atoms with Crippen molar-refractivity contribution in [1.82, 2.24) is 4.98 Å². The van der Waals surface area contributed by atoms with Crippen LogP contribution in [-0.4, -0.2) is 11.3 Å². The molecule has 0 N–H and O–H groups in total. The van der Waals surface area contributed by atoms with Gasteiger partial charge in [0.05, 0.1) is 0 Å². The Labute approximate surface area is 78.0 Å². The van der Waals surface area contributed by atoms with Gasteiger partial charge in [0.25, 0.3) is 0 Å². The molecule has 1 fully saturated rings. The predicted molar refractivity (Wildman–Crippen MR) is 50.2 cm³/mol. The molecule has 68 valence electrons. The summed E-state index contributed by atoms with van der Waals surface area (Å²) in [5, 5.41) is 0. The lowest BCUT2D eigenvalue weighted by molar-refractivity contribution is -0.111. The Bertz CT molecular complexity index is 279. The Hall–Kier alpha value is -1.18. The summed E-state index contributed by atoms with van der Waals surface area (Å²) in [5.74, 6) is 0.842. The van der Waals surface area contributed by atoms with Crippen LogP contribution in [0.5, 0.6) is 0 Å². The van der Waals surface area contributed by atoms with Gasteiger partial charge in [0, 0.05) is 17.8 Å². The van der Waals surface area contributed by atoms with Gasteiger partial charge in [-0.1, -0.05) is 6.07 Å². The number of carbonyl (C=O) groups is 1. The van der Waals surface area contributed by atoms with E-state index in [9.17, 15) is 4.79 Å². The Morgan fingerprint density at radius 2 is 2.38 bits per heavy atom. The Kier molecular flexibility index (Phi) is 2.39. The van der Waals surface area contributed by atoms with E-state index in [1.54, 1.807) is 6.20 Å². The third-order valence-electron chi connectivity index (χ3n) is 2.57. The van der Waals surface area contributed by atoms with Crippen LogP contribution in [0.1, 0.15) is 18.5 Å². The van der Waals surface area contributed by atoms with Crippen molar-refractivity contribution in [1.29, 1.82) is 0 Å². The van der Waals surface area contributed by atoms with Crippen molar-refractivity contribution >= 4 is 6.29 Å². The van der Waals surface area contributed by atoms with E-state index in [-0.39, 0.29) is 5.92 Å². The van der Waals surface area contributed by atoms with E-state index in [1.807, 2.05) is 18.2 Å². The molecule has 1 unspecified atom stereocenters. The number of carbonyl (C=O) groups excluding carboxylic acids is 1. The number of rotatable bonds is 4. The predicted octanol–water partition coefficient (Wildman–Crippen LogP) is 1.85. The zero-order valence-corrected chi connectivity index (χ0v) is 7.52. The number of aldehydes is 1. The van der Waals surface area contributed by atoms with Crippen LogP contribution in [0.3, 0.4) is 0 Å². The maximum atomic E-state index is 10.8. The van der Waals surface area contributed by atoms with Gasteiger partial charge in [0.2, 0.25) is 0 Å². The van der Waals surface area contributed by atoms with Gasteiger partial charge in [0.15, 0.2) is 0 Å². The molecule has 0 radical (unpaired) electrons. The van der Waals surface area contributed by atoms with Gasteiger partial charge >= 0.3 is 0 Å². The first kappa shape index (κ1) is 8.42. The molecule has 1 aromatic heterocycles. The Morgan fingerprint density at radius 3 is 2.92 bits per heavy atom. The lowest BCUT2D eigenvalue weighted by Crippen LogP contribution is -2.09. The molecule has 0 aliphatic heterocycles. The topological polar surface area (TPSA) is 30.0 Å². The quantitative estimate of drug-likeness (QED) is 0.654. The van der Waals surface area contributed by atoms with Crippen LogP contribution in [-0.2, 0) is 11.2 Å². The molecule has 0 saturated heterocycles. The van der Waals surface area contributed by atoms with Crippen molar-refractivity contribution in [2.24, 2.45) is 11.8 Å². The Morgan fingerprint density at radius 1 is 1.54 bits per heavy atom. The van der Waals surface area contributed by atoms with Gasteiger partial charge < -0.3 is 4.79 Å². The van der Waals surface area contributed by atoms with Crippen molar-refractivity contribution in [3.63, 3.8) is 0 Å². The summed E-state index contributed by atoms with van der Waals surface area (Å²) < 4.78 is 0. The van der Waals surface area contributed by atoms with Crippen molar-refractivity contribution < 1.29 is 4.79 Å². The zero-order chi connectivity index (χ0) is 9.10. The van der Waals surface area contributed by atoms with E-state index in [4.69, 9.17) is 0 Å². The highest BCUT2D eigenvalue weighted by Gasteiger charge is 2.30. The molecule has 0 aromatic carbocycles. The van der Waals surface area contributed by atoms with Crippen LogP contribution in [0.4, 0.5) is 0 Å². The molecule has 1 aromatic rings. The minimum absolute atomic E-state index is 0.204. The first-order valence-corrected chi connectivity index (χ1v) is 4.75. The maximum absolute atomic E-state index is 10.8. The van der Waals surface area contributed by atoms with Crippen LogP contribution < -0.4 is 0 Å². The molecule has 1 heterocycles. The second-order valence-electron chi connectivity index (χ2n) is 3.66. The molecular weight excluding hydrogens is 162 g/mol. The fourth-order valence-corrected chi connectivity index (χ4v) is 1.61. The van der Waals surface area contributed by atoms with Crippen molar-refractivity contribution in [2.45, 2.75) is 19.3 Å².